The number of pyridine rings is 1. The fourth-order valence-corrected chi connectivity index (χ4v) is 1.81. The molecular weight excluding hydrogens is 268 g/mol. The Morgan fingerprint density at radius 2 is 2.00 bits per heavy atom. The van der Waals surface area contributed by atoms with Gasteiger partial charge in [0.2, 0.25) is 0 Å². The van der Waals surface area contributed by atoms with E-state index in [9.17, 15) is 9.59 Å². The molecule has 1 heterocycles. The van der Waals surface area contributed by atoms with Gasteiger partial charge in [-0.25, -0.2) is 4.79 Å². The van der Waals surface area contributed by atoms with Gasteiger partial charge in [-0.2, -0.15) is 0 Å². The van der Waals surface area contributed by atoms with Crippen molar-refractivity contribution in [3.05, 3.63) is 65.5 Å². The van der Waals surface area contributed by atoms with Crippen LogP contribution >= 0.6 is 0 Å². The zero-order chi connectivity index (χ0) is 15.2. The number of hydrogen-bond donors (Lipinski definition) is 2. The Morgan fingerprint density at radius 3 is 2.71 bits per heavy atom. The summed E-state index contributed by atoms with van der Waals surface area (Å²) in [5, 5.41) is 11.5. The lowest BCUT2D eigenvalue weighted by Crippen LogP contribution is -2.14. The van der Waals surface area contributed by atoms with Crippen molar-refractivity contribution in [2.75, 3.05) is 5.32 Å². The Bertz CT molecular complexity index is 708. The smallest absolute Gasteiger partial charge is 0.328 e. The standard InChI is InChI=1S/C16H14N2O3/c1-11-4-2-3-5-14(11)18-16(21)13-8-9-17-10-12(13)6-7-15(19)20/h2-10H,1H3,(H,18,21)(H,19,20). The number of aromatic nitrogens is 1. The minimum atomic E-state index is -1.08. The number of carboxylic acids is 1. The number of benzene rings is 1. The van der Waals surface area contributed by atoms with Crippen molar-refractivity contribution in [2.24, 2.45) is 0 Å². The number of amides is 1. The van der Waals surface area contributed by atoms with Crippen molar-refractivity contribution in [1.29, 1.82) is 0 Å². The van der Waals surface area contributed by atoms with Crippen molar-refractivity contribution in [3.63, 3.8) is 0 Å². The molecule has 0 aliphatic carbocycles. The number of rotatable bonds is 4. The zero-order valence-corrected chi connectivity index (χ0v) is 11.4. The number of carbonyl (C=O) groups excluding carboxylic acids is 1. The summed E-state index contributed by atoms with van der Waals surface area (Å²) in [4.78, 5) is 26.8. The van der Waals surface area contributed by atoms with Crippen LogP contribution in [0.5, 0.6) is 0 Å². The van der Waals surface area contributed by atoms with Crippen LogP contribution in [-0.4, -0.2) is 22.0 Å². The van der Waals surface area contributed by atoms with Crippen LogP contribution in [0.25, 0.3) is 6.08 Å². The van der Waals surface area contributed by atoms with Crippen molar-refractivity contribution < 1.29 is 14.7 Å². The molecular formula is C16H14N2O3. The van der Waals surface area contributed by atoms with Gasteiger partial charge in [0.15, 0.2) is 0 Å². The van der Waals surface area contributed by atoms with E-state index in [-0.39, 0.29) is 5.91 Å². The van der Waals surface area contributed by atoms with Crippen LogP contribution in [0.2, 0.25) is 0 Å². The number of nitrogens with one attached hydrogen (secondary N) is 1. The fraction of sp³-hybridized carbons (Fsp3) is 0.0625. The maximum absolute atomic E-state index is 12.3. The molecule has 0 unspecified atom stereocenters. The molecule has 0 aliphatic rings. The third-order valence-electron chi connectivity index (χ3n) is 2.90. The first-order valence-corrected chi connectivity index (χ1v) is 6.30. The minimum Gasteiger partial charge on any atom is -0.478 e. The molecule has 1 aromatic heterocycles. The van der Waals surface area contributed by atoms with Crippen LogP contribution in [0.15, 0.2) is 48.8 Å². The van der Waals surface area contributed by atoms with Gasteiger partial charge < -0.3 is 10.4 Å². The Hall–Kier alpha value is -2.95. The van der Waals surface area contributed by atoms with E-state index >= 15 is 0 Å². The van der Waals surface area contributed by atoms with Crippen LogP contribution in [0.1, 0.15) is 21.5 Å². The van der Waals surface area contributed by atoms with Gasteiger partial charge in [0.05, 0.1) is 0 Å². The van der Waals surface area contributed by atoms with E-state index in [1.165, 1.54) is 18.5 Å². The molecule has 0 aliphatic heterocycles. The highest BCUT2D eigenvalue weighted by Gasteiger charge is 2.11. The number of carboxylic acid groups (broad SMARTS) is 1. The van der Waals surface area contributed by atoms with Gasteiger partial charge in [-0.15, -0.1) is 0 Å². The van der Waals surface area contributed by atoms with E-state index in [1.807, 2.05) is 25.1 Å². The molecule has 0 bridgehead atoms. The first-order chi connectivity index (χ1) is 10.1. The summed E-state index contributed by atoms with van der Waals surface area (Å²) in [6, 6.07) is 8.97. The van der Waals surface area contributed by atoms with Crippen molar-refractivity contribution in [2.45, 2.75) is 6.92 Å². The number of nitrogens with zero attached hydrogens (tertiary/aromatic N) is 1. The topological polar surface area (TPSA) is 79.3 Å². The molecule has 106 valence electrons. The molecule has 1 amide bonds. The van der Waals surface area contributed by atoms with E-state index in [1.54, 1.807) is 12.1 Å². The van der Waals surface area contributed by atoms with Crippen LogP contribution in [-0.2, 0) is 4.79 Å². The van der Waals surface area contributed by atoms with Crippen LogP contribution < -0.4 is 5.32 Å². The van der Waals surface area contributed by atoms with E-state index in [0.29, 0.717) is 16.8 Å². The Labute approximate surface area is 122 Å². The highest BCUT2D eigenvalue weighted by Crippen LogP contribution is 2.16. The lowest BCUT2D eigenvalue weighted by atomic mass is 10.1. The molecule has 1 aromatic carbocycles. The van der Waals surface area contributed by atoms with E-state index < -0.39 is 5.97 Å². The summed E-state index contributed by atoms with van der Waals surface area (Å²) >= 11 is 0. The molecule has 0 radical (unpaired) electrons. The second-order valence-corrected chi connectivity index (χ2v) is 4.40. The highest BCUT2D eigenvalue weighted by molar-refractivity contribution is 6.07. The van der Waals surface area contributed by atoms with Crippen molar-refractivity contribution in [3.8, 4) is 0 Å². The third kappa shape index (κ3) is 3.76. The molecule has 5 nitrogen and oxygen atoms in total. The van der Waals surface area contributed by atoms with Gasteiger partial charge in [-0.05, 0) is 30.7 Å². The van der Waals surface area contributed by atoms with Crippen molar-refractivity contribution in [1.82, 2.24) is 4.98 Å². The molecule has 21 heavy (non-hydrogen) atoms. The molecule has 0 saturated heterocycles. The zero-order valence-electron chi connectivity index (χ0n) is 11.4. The normalized spacial score (nSPS) is 10.5. The largest absolute Gasteiger partial charge is 0.478 e. The summed E-state index contributed by atoms with van der Waals surface area (Å²) in [5.74, 6) is -1.39. The fourth-order valence-electron chi connectivity index (χ4n) is 1.81. The second kappa shape index (κ2) is 6.47. The van der Waals surface area contributed by atoms with Gasteiger partial charge in [0.1, 0.15) is 0 Å². The molecule has 0 atom stereocenters. The number of para-hydroxylation sites is 1. The second-order valence-electron chi connectivity index (χ2n) is 4.40. The highest BCUT2D eigenvalue weighted by atomic mass is 16.4. The van der Waals surface area contributed by atoms with E-state index in [0.717, 1.165) is 11.6 Å². The summed E-state index contributed by atoms with van der Waals surface area (Å²) < 4.78 is 0. The van der Waals surface area contributed by atoms with Crippen LogP contribution in [0.3, 0.4) is 0 Å². The average Bonchev–Trinajstić information content (AvgIpc) is 2.47. The lowest BCUT2D eigenvalue weighted by Gasteiger charge is -2.09. The molecule has 5 heteroatoms. The first-order valence-electron chi connectivity index (χ1n) is 6.30. The van der Waals surface area contributed by atoms with Gasteiger partial charge in [-0.3, -0.25) is 9.78 Å². The van der Waals surface area contributed by atoms with Gasteiger partial charge in [0, 0.05) is 35.3 Å². The predicted octanol–water partition coefficient (Wildman–Crippen LogP) is 2.74. The molecule has 0 fully saturated rings. The first kappa shape index (κ1) is 14.5. The maximum atomic E-state index is 12.3. The molecule has 2 rings (SSSR count). The average molecular weight is 282 g/mol. The van der Waals surface area contributed by atoms with Gasteiger partial charge in [0.25, 0.3) is 5.91 Å². The van der Waals surface area contributed by atoms with Crippen LogP contribution in [0, 0.1) is 6.92 Å². The summed E-state index contributed by atoms with van der Waals surface area (Å²) in [6.07, 6.45) is 5.26. The summed E-state index contributed by atoms with van der Waals surface area (Å²) in [5.41, 5.74) is 2.48. The molecule has 0 saturated carbocycles. The number of anilines is 1. The number of aryl methyl sites for hydroxylation is 1. The minimum absolute atomic E-state index is 0.309. The Kier molecular flexibility index (Phi) is 4.46. The molecule has 2 N–H and O–H groups in total. The van der Waals surface area contributed by atoms with Gasteiger partial charge in [-0.1, -0.05) is 18.2 Å². The van der Waals surface area contributed by atoms with E-state index in [2.05, 4.69) is 10.3 Å². The SMILES string of the molecule is Cc1ccccc1NC(=O)c1ccncc1C=CC(=O)O. The lowest BCUT2D eigenvalue weighted by molar-refractivity contribution is -0.131. The quantitative estimate of drug-likeness (QED) is 0.845. The molecule has 0 spiro atoms. The van der Waals surface area contributed by atoms with E-state index in [4.69, 9.17) is 5.11 Å². The number of aliphatic carboxylic acids is 1. The predicted molar refractivity (Wildman–Crippen MR) is 80.0 cm³/mol. The third-order valence-corrected chi connectivity index (χ3v) is 2.90. The van der Waals surface area contributed by atoms with Crippen LogP contribution in [0.4, 0.5) is 5.69 Å². The Balaban J connectivity index is 2.28. The number of hydrogen-bond acceptors (Lipinski definition) is 3. The van der Waals surface area contributed by atoms with Crippen molar-refractivity contribution >= 4 is 23.6 Å². The number of carbonyl (C=O) groups is 2. The Morgan fingerprint density at radius 1 is 1.24 bits per heavy atom. The monoisotopic (exact) mass is 282 g/mol. The maximum Gasteiger partial charge on any atom is 0.328 e. The summed E-state index contributed by atoms with van der Waals surface area (Å²) in [7, 11) is 0. The molecule has 2 aromatic rings. The van der Waals surface area contributed by atoms with Gasteiger partial charge >= 0.3 is 5.97 Å². The summed E-state index contributed by atoms with van der Waals surface area (Å²) in [6.45, 7) is 1.90.